The summed E-state index contributed by atoms with van der Waals surface area (Å²) in [5, 5.41) is 2.68. The van der Waals surface area contributed by atoms with Crippen molar-refractivity contribution in [3.05, 3.63) is 78.4 Å². The van der Waals surface area contributed by atoms with Gasteiger partial charge in [0.05, 0.1) is 0 Å². The van der Waals surface area contributed by atoms with Crippen LogP contribution in [0, 0.1) is 0 Å². The van der Waals surface area contributed by atoms with E-state index in [4.69, 9.17) is 0 Å². The lowest BCUT2D eigenvalue weighted by Gasteiger charge is -2.40. The Morgan fingerprint density at radius 2 is 1.44 bits per heavy atom. The predicted molar refractivity (Wildman–Crippen MR) is 107 cm³/mol. The molecule has 1 aliphatic rings. The van der Waals surface area contributed by atoms with Crippen LogP contribution < -0.4 is 4.90 Å². The molecular formula is C23H26N2. The maximum atomic E-state index is 2.66. The molecular weight excluding hydrogens is 304 g/mol. The first-order valence-electron chi connectivity index (χ1n) is 9.38. The number of hydrogen-bond donors (Lipinski definition) is 0. The molecule has 3 aromatic rings. The summed E-state index contributed by atoms with van der Waals surface area (Å²) in [4.78, 5) is 5.16. The Morgan fingerprint density at radius 3 is 2.16 bits per heavy atom. The Bertz CT molecular complexity index is 820. The number of piperazine rings is 1. The SMILES string of the molecule is CCC(c1ccc2ccccc2c1)N1CCN(c2ccccc2)CC1. The zero-order chi connectivity index (χ0) is 17.1. The number of benzene rings is 3. The summed E-state index contributed by atoms with van der Waals surface area (Å²) in [5.41, 5.74) is 2.80. The van der Waals surface area contributed by atoms with Gasteiger partial charge in [-0.1, -0.05) is 61.5 Å². The van der Waals surface area contributed by atoms with E-state index in [0.717, 1.165) is 32.6 Å². The van der Waals surface area contributed by atoms with E-state index in [9.17, 15) is 0 Å². The normalized spacial score (nSPS) is 16.9. The van der Waals surface area contributed by atoms with Crippen molar-refractivity contribution >= 4 is 16.5 Å². The average molecular weight is 330 g/mol. The van der Waals surface area contributed by atoms with Gasteiger partial charge in [-0.3, -0.25) is 4.90 Å². The van der Waals surface area contributed by atoms with Crippen LogP contribution in [0.25, 0.3) is 10.8 Å². The van der Waals surface area contributed by atoms with Crippen LogP contribution in [0.3, 0.4) is 0 Å². The molecule has 128 valence electrons. The van der Waals surface area contributed by atoms with Crippen LogP contribution in [0.5, 0.6) is 0 Å². The van der Waals surface area contributed by atoms with Gasteiger partial charge in [0.1, 0.15) is 0 Å². The molecule has 1 aliphatic heterocycles. The second kappa shape index (κ2) is 7.28. The third-order valence-electron chi connectivity index (χ3n) is 5.42. The van der Waals surface area contributed by atoms with Crippen molar-refractivity contribution in [3.8, 4) is 0 Å². The second-order valence-electron chi connectivity index (χ2n) is 6.89. The predicted octanol–water partition coefficient (Wildman–Crippen LogP) is 5.11. The zero-order valence-electron chi connectivity index (χ0n) is 14.9. The summed E-state index contributed by atoms with van der Waals surface area (Å²) in [6.45, 7) is 6.77. The van der Waals surface area contributed by atoms with Crippen molar-refractivity contribution in [1.29, 1.82) is 0 Å². The van der Waals surface area contributed by atoms with Gasteiger partial charge in [0, 0.05) is 37.9 Å². The van der Waals surface area contributed by atoms with Gasteiger partial charge in [-0.25, -0.2) is 0 Å². The third-order valence-corrected chi connectivity index (χ3v) is 5.42. The summed E-state index contributed by atoms with van der Waals surface area (Å²) < 4.78 is 0. The number of fused-ring (bicyclic) bond motifs is 1. The molecule has 1 atom stereocenters. The Balaban J connectivity index is 1.50. The maximum Gasteiger partial charge on any atom is 0.0367 e. The summed E-state index contributed by atoms with van der Waals surface area (Å²) in [5.74, 6) is 0. The highest BCUT2D eigenvalue weighted by molar-refractivity contribution is 5.83. The highest BCUT2D eigenvalue weighted by Crippen LogP contribution is 2.29. The zero-order valence-corrected chi connectivity index (χ0v) is 14.9. The van der Waals surface area contributed by atoms with Gasteiger partial charge in [-0.05, 0) is 41.0 Å². The van der Waals surface area contributed by atoms with E-state index in [1.165, 1.54) is 22.0 Å². The number of hydrogen-bond acceptors (Lipinski definition) is 2. The summed E-state index contributed by atoms with van der Waals surface area (Å²) in [6.07, 6.45) is 1.16. The molecule has 0 bridgehead atoms. The van der Waals surface area contributed by atoms with Crippen molar-refractivity contribution < 1.29 is 0 Å². The summed E-state index contributed by atoms with van der Waals surface area (Å²) in [6, 6.07) is 26.9. The van der Waals surface area contributed by atoms with E-state index in [0.29, 0.717) is 6.04 Å². The molecule has 0 aromatic heterocycles. The highest BCUT2D eigenvalue weighted by Gasteiger charge is 2.24. The van der Waals surface area contributed by atoms with Crippen LogP contribution in [0.1, 0.15) is 24.9 Å². The van der Waals surface area contributed by atoms with Gasteiger partial charge >= 0.3 is 0 Å². The second-order valence-corrected chi connectivity index (χ2v) is 6.89. The number of nitrogens with zero attached hydrogens (tertiary/aromatic N) is 2. The minimum atomic E-state index is 0.516. The van der Waals surface area contributed by atoms with Gasteiger partial charge in [0.15, 0.2) is 0 Å². The fraction of sp³-hybridized carbons (Fsp3) is 0.304. The Kier molecular flexibility index (Phi) is 4.71. The molecule has 1 heterocycles. The van der Waals surface area contributed by atoms with Crippen molar-refractivity contribution in [1.82, 2.24) is 4.90 Å². The van der Waals surface area contributed by atoms with Crippen molar-refractivity contribution in [2.24, 2.45) is 0 Å². The molecule has 3 aromatic carbocycles. The lowest BCUT2D eigenvalue weighted by Crippen LogP contribution is -2.47. The number of para-hydroxylation sites is 1. The maximum absolute atomic E-state index is 2.66. The molecule has 25 heavy (non-hydrogen) atoms. The molecule has 1 fully saturated rings. The third kappa shape index (κ3) is 3.40. The Labute approximate surface area is 150 Å². The van der Waals surface area contributed by atoms with E-state index in [2.05, 4.69) is 89.5 Å². The molecule has 0 radical (unpaired) electrons. The van der Waals surface area contributed by atoms with Crippen LogP contribution in [-0.2, 0) is 0 Å². The van der Waals surface area contributed by atoms with Crippen LogP contribution >= 0.6 is 0 Å². The van der Waals surface area contributed by atoms with Gasteiger partial charge in [0.2, 0.25) is 0 Å². The fourth-order valence-corrected chi connectivity index (χ4v) is 4.05. The Morgan fingerprint density at radius 1 is 0.760 bits per heavy atom. The van der Waals surface area contributed by atoms with Crippen molar-refractivity contribution in [2.75, 3.05) is 31.1 Å². The van der Waals surface area contributed by atoms with Gasteiger partial charge in [0.25, 0.3) is 0 Å². The lowest BCUT2D eigenvalue weighted by atomic mass is 9.98. The molecule has 2 heteroatoms. The molecule has 2 nitrogen and oxygen atoms in total. The summed E-state index contributed by atoms with van der Waals surface area (Å²) in [7, 11) is 0. The van der Waals surface area contributed by atoms with Crippen LogP contribution in [0.4, 0.5) is 5.69 Å². The molecule has 4 rings (SSSR count). The topological polar surface area (TPSA) is 6.48 Å². The molecule has 1 unspecified atom stereocenters. The molecule has 0 N–H and O–H groups in total. The first kappa shape index (κ1) is 16.2. The molecule has 0 saturated carbocycles. The molecule has 0 spiro atoms. The number of rotatable bonds is 4. The van der Waals surface area contributed by atoms with Crippen molar-refractivity contribution in [3.63, 3.8) is 0 Å². The molecule has 1 saturated heterocycles. The summed E-state index contributed by atoms with van der Waals surface area (Å²) >= 11 is 0. The minimum Gasteiger partial charge on any atom is -0.369 e. The number of anilines is 1. The van der Waals surface area contributed by atoms with Crippen molar-refractivity contribution in [2.45, 2.75) is 19.4 Å². The van der Waals surface area contributed by atoms with E-state index in [-0.39, 0.29) is 0 Å². The van der Waals surface area contributed by atoms with Gasteiger partial charge in [-0.2, -0.15) is 0 Å². The van der Waals surface area contributed by atoms with E-state index >= 15 is 0 Å². The average Bonchev–Trinajstić information content (AvgIpc) is 2.70. The van der Waals surface area contributed by atoms with Crippen LogP contribution in [0.15, 0.2) is 72.8 Å². The lowest BCUT2D eigenvalue weighted by molar-refractivity contribution is 0.181. The Hall–Kier alpha value is -2.32. The smallest absolute Gasteiger partial charge is 0.0367 e. The highest BCUT2D eigenvalue weighted by atomic mass is 15.3. The van der Waals surface area contributed by atoms with E-state index in [1.807, 2.05) is 0 Å². The fourth-order valence-electron chi connectivity index (χ4n) is 4.05. The largest absolute Gasteiger partial charge is 0.369 e. The van der Waals surface area contributed by atoms with Crippen LogP contribution in [-0.4, -0.2) is 31.1 Å². The van der Waals surface area contributed by atoms with Gasteiger partial charge < -0.3 is 4.90 Å². The standard InChI is InChI=1S/C23H26N2/c1-2-23(21-13-12-19-8-6-7-9-20(19)18-21)25-16-14-24(15-17-25)22-10-4-3-5-11-22/h3-13,18,23H,2,14-17H2,1H3. The van der Waals surface area contributed by atoms with Crippen LogP contribution in [0.2, 0.25) is 0 Å². The van der Waals surface area contributed by atoms with E-state index < -0.39 is 0 Å². The quantitative estimate of drug-likeness (QED) is 0.655. The van der Waals surface area contributed by atoms with E-state index in [1.54, 1.807) is 0 Å². The minimum absolute atomic E-state index is 0.516. The first-order valence-corrected chi connectivity index (χ1v) is 9.38. The first-order chi connectivity index (χ1) is 12.3. The monoisotopic (exact) mass is 330 g/mol. The molecule has 0 aliphatic carbocycles. The van der Waals surface area contributed by atoms with Gasteiger partial charge in [-0.15, -0.1) is 0 Å². The molecule has 0 amide bonds.